The predicted molar refractivity (Wildman–Crippen MR) is 108 cm³/mol. The lowest BCUT2D eigenvalue weighted by Crippen LogP contribution is -2.63. The van der Waals surface area contributed by atoms with E-state index in [2.05, 4.69) is 5.32 Å². The molecule has 1 saturated heterocycles. The molecule has 1 aromatic rings. The monoisotopic (exact) mass is 428 g/mol. The number of nitrogens with one attached hydrogen (secondary N) is 1. The number of nitrogens with two attached hydrogens (primary N) is 1. The van der Waals surface area contributed by atoms with E-state index >= 15 is 0 Å². The van der Waals surface area contributed by atoms with Crippen LogP contribution in [0.15, 0.2) is 23.6 Å². The summed E-state index contributed by atoms with van der Waals surface area (Å²) < 4.78 is 0. The maximum atomic E-state index is 12.5. The second kappa shape index (κ2) is 7.48. The van der Waals surface area contributed by atoms with Crippen molar-refractivity contribution in [2.24, 2.45) is 17.6 Å². The van der Waals surface area contributed by atoms with Gasteiger partial charge in [-0.05, 0) is 54.0 Å². The molecule has 0 radical (unpaired) electrons. The molecular formula is C19H22Cl2N2O3S. The molecule has 1 amide bonds. The third-order valence-corrected chi connectivity index (χ3v) is 7.87. The zero-order chi connectivity index (χ0) is 19.3. The van der Waals surface area contributed by atoms with Crippen molar-refractivity contribution in [1.29, 1.82) is 0 Å². The molecule has 3 aliphatic rings. The molecule has 2 aliphatic heterocycles. The Labute approximate surface area is 172 Å². The van der Waals surface area contributed by atoms with E-state index in [9.17, 15) is 15.0 Å². The van der Waals surface area contributed by atoms with Crippen LogP contribution in [0.25, 0.3) is 0 Å². The largest absolute Gasteiger partial charge is 0.508 e. The van der Waals surface area contributed by atoms with Crippen molar-refractivity contribution in [2.45, 2.75) is 41.5 Å². The molecule has 0 spiro atoms. The molecule has 4 rings (SSSR count). The number of halogens is 2. The van der Waals surface area contributed by atoms with Crippen LogP contribution in [0, 0.1) is 11.8 Å². The lowest BCUT2D eigenvalue weighted by Gasteiger charge is -2.50. The van der Waals surface area contributed by atoms with Crippen LogP contribution in [0.5, 0.6) is 5.75 Å². The van der Waals surface area contributed by atoms with Crippen LogP contribution in [0.4, 0.5) is 0 Å². The van der Waals surface area contributed by atoms with Crippen molar-refractivity contribution in [3.8, 4) is 5.75 Å². The van der Waals surface area contributed by atoms with Crippen molar-refractivity contribution in [1.82, 2.24) is 5.32 Å². The average Bonchev–Trinajstić information content (AvgIpc) is 3.10. The number of piperidine rings is 1. The number of aromatic hydroxyl groups is 1. The maximum absolute atomic E-state index is 12.5. The van der Waals surface area contributed by atoms with Crippen LogP contribution >= 0.6 is 35.0 Å². The number of rotatable bonds is 3. The van der Waals surface area contributed by atoms with Crippen molar-refractivity contribution in [3.05, 3.63) is 39.8 Å². The minimum absolute atomic E-state index is 0.00993. The van der Waals surface area contributed by atoms with Gasteiger partial charge in [-0.1, -0.05) is 17.7 Å². The van der Waals surface area contributed by atoms with Gasteiger partial charge in [-0.3, -0.25) is 4.79 Å². The molecule has 2 heterocycles. The second-order valence-corrected chi connectivity index (χ2v) is 9.48. The number of carbonyl (C=O) groups excluding carboxylic acids is 1. The summed E-state index contributed by atoms with van der Waals surface area (Å²) in [6, 6.07) is 3.12. The van der Waals surface area contributed by atoms with E-state index < -0.39 is 6.10 Å². The van der Waals surface area contributed by atoms with Gasteiger partial charge in [0.1, 0.15) is 5.75 Å². The number of thioether (sulfide) groups is 1. The van der Waals surface area contributed by atoms with Crippen molar-refractivity contribution in [3.63, 3.8) is 0 Å². The molecule has 8 heteroatoms. The number of carbonyl (C=O) groups is 1. The van der Waals surface area contributed by atoms with Crippen molar-refractivity contribution < 1.29 is 15.0 Å². The Balaban J connectivity index is 1.78. The number of hydrogen-bond acceptors (Lipinski definition) is 5. The first-order valence-corrected chi connectivity index (χ1v) is 10.8. The fourth-order valence-corrected chi connectivity index (χ4v) is 6.59. The van der Waals surface area contributed by atoms with Gasteiger partial charge in [0.2, 0.25) is 5.91 Å². The van der Waals surface area contributed by atoms with E-state index in [1.807, 2.05) is 11.5 Å². The van der Waals surface area contributed by atoms with Crippen LogP contribution in [-0.4, -0.2) is 45.4 Å². The number of fused-ring (bicyclic) bond motifs is 3. The molecule has 1 aromatic carbocycles. The Hall–Kier alpha value is -0.920. The van der Waals surface area contributed by atoms with Crippen LogP contribution in [0.2, 0.25) is 5.02 Å². The summed E-state index contributed by atoms with van der Waals surface area (Å²) in [5.74, 6) is -0.334. The fourth-order valence-electron chi connectivity index (χ4n) is 4.78. The number of benzene rings is 1. The molecule has 0 aromatic heterocycles. The summed E-state index contributed by atoms with van der Waals surface area (Å²) >= 11 is 14.6. The second-order valence-electron chi connectivity index (χ2n) is 7.46. The molecule has 1 aliphatic carbocycles. The van der Waals surface area contributed by atoms with Gasteiger partial charge in [0.05, 0.1) is 16.7 Å². The molecule has 2 fully saturated rings. The molecule has 27 heavy (non-hydrogen) atoms. The Morgan fingerprint density at radius 2 is 2.15 bits per heavy atom. The smallest absolute Gasteiger partial charge is 0.234 e. The topological polar surface area (TPSA) is 95.6 Å². The molecule has 7 unspecified atom stereocenters. The first-order chi connectivity index (χ1) is 12.9. The van der Waals surface area contributed by atoms with Crippen molar-refractivity contribution >= 4 is 40.9 Å². The number of alkyl halides is 1. The SMILES string of the molecule is NCCc1cc(Cl)c(C2C(O)CC(Cl)C3NC(=O)C4SC=CC4C32)cc1O. The summed E-state index contributed by atoms with van der Waals surface area (Å²) in [5, 5.41) is 26.3. The average molecular weight is 429 g/mol. The number of allylic oxidation sites excluding steroid dienone is 1. The third-order valence-electron chi connectivity index (χ3n) is 5.96. The van der Waals surface area contributed by atoms with Gasteiger partial charge in [-0.25, -0.2) is 0 Å². The molecule has 5 nitrogen and oxygen atoms in total. The van der Waals surface area contributed by atoms with Crippen LogP contribution in [0.3, 0.4) is 0 Å². The summed E-state index contributed by atoms with van der Waals surface area (Å²) in [5.41, 5.74) is 6.98. The zero-order valence-corrected chi connectivity index (χ0v) is 16.8. The number of amides is 1. The highest BCUT2D eigenvalue weighted by Gasteiger charge is 2.55. The van der Waals surface area contributed by atoms with Gasteiger partial charge in [0.25, 0.3) is 0 Å². The van der Waals surface area contributed by atoms with E-state index in [-0.39, 0.29) is 46.1 Å². The highest BCUT2D eigenvalue weighted by molar-refractivity contribution is 8.03. The Morgan fingerprint density at radius 1 is 1.37 bits per heavy atom. The fraction of sp³-hybridized carbons (Fsp3) is 0.526. The summed E-state index contributed by atoms with van der Waals surface area (Å²) in [4.78, 5) is 12.5. The van der Waals surface area contributed by atoms with Gasteiger partial charge in [0, 0.05) is 22.9 Å². The Bertz CT molecular complexity index is 790. The summed E-state index contributed by atoms with van der Waals surface area (Å²) in [6.45, 7) is 0.408. The van der Waals surface area contributed by atoms with E-state index in [1.165, 1.54) is 11.8 Å². The standard InChI is InChI=1S/C19H22Cl2N2O3S/c20-11-5-8(1-3-22)13(24)6-10(11)15-14(25)7-12(21)17-16(15)9-2-4-27-18(9)19(26)23-17/h2,4-6,9,12,14-18,24-25H,1,3,7,22H2,(H,23,26). The molecule has 7 atom stereocenters. The van der Waals surface area contributed by atoms with E-state index in [4.69, 9.17) is 28.9 Å². The van der Waals surface area contributed by atoms with E-state index in [1.54, 1.807) is 12.1 Å². The molecule has 146 valence electrons. The number of phenolic OH excluding ortho intramolecular Hbond substituents is 1. The molecule has 1 saturated carbocycles. The zero-order valence-electron chi connectivity index (χ0n) is 14.5. The molecular weight excluding hydrogens is 407 g/mol. The number of phenols is 1. The third kappa shape index (κ3) is 3.25. The van der Waals surface area contributed by atoms with Crippen molar-refractivity contribution in [2.75, 3.05) is 6.54 Å². The van der Waals surface area contributed by atoms with Gasteiger partial charge in [0.15, 0.2) is 0 Å². The van der Waals surface area contributed by atoms with E-state index in [0.717, 1.165) is 0 Å². The minimum atomic E-state index is -0.708. The Morgan fingerprint density at radius 3 is 2.89 bits per heavy atom. The van der Waals surface area contributed by atoms with Crippen LogP contribution < -0.4 is 11.1 Å². The van der Waals surface area contributed by atoms with Gasteiger partial charge < -0.3 is 21.3 Å². The maximum Gasteiger partial charge on any atom is 0.234 e. The molecule has 5 N–H and O–H groups in total. The van der Waals surface area contributed by atoms with E-state index in [0.29, 0.717) is 35.5 Å². The molecule has 0 bridgehead atoms. The van der Waals surface area contributed by atoms with Gasteiger partial charge >= 0.3 is 0 Å². The number of aliphatic hydroxyl groups is 1. The quantitative estimate of drug-likeness (QED) is 0.554. The predicted octanol–water partition coefficient (Wildman–Crippen LogP) is 2.36. The van der Waals surface area contributed by atoms with Gasteiger partial charge in [-0.2, -0.15) is 0 Å². The highest BCUT2D eigenvalue weighted by atomic mass is 35.5. The van der Waals surface area contributed by atoms with Crippen LogP contribution in [0.1, 0.15) is 23.5 Å². The van der Waals surface area contributed by atoms with Crippen LogP contribution in [-0.2, 0) is 11.2 Å². The first-order valence-electron chi connectivity index (χ1n) is 9.08. The number of aliphatic hydroxyl groups excluding tert-OH is 1. The lowest BCUT2D eigenvalue weighted by atomic mass is 9.63. The normalized spacial score (nSPS) is 37.6. The van der Waals surface area contributed by atoms with Gasteiger partial charge in [-0.15, -0.1) is 23.4 Å². The Kier molecular flexibility index (Phi) is 5.38. The number of hydrogen-bond donors (Lipinski definition) is 4. The highest BCUT2D eigenvalue weighted by Crippen LogP contribution is 2.52. The summed E-state index contributed by atoms with van der Waals surface area (Å²) in [7, 11) is 0. The summed E-state index contributed by atoms with van der Waals surface area (Å²) in [6.07, 6.45) is 2.20. The first kappa shape index (κ1) is 19.4. The lowest BCUT2D eigenvalue weighted by molar-refractivity contribution is -0.126. The minimum Gasteiger partial charge on any atom is -0.508 e.